The Morgan fingerprint density at radius 1 is 1.26 bits per heavy atom. The summed E-state index contributed by atoms with van der Waals surface area (Å²) in [6, 6.07) is 7.89. The highest BCUT2D eigenvalue weighted by Crippen LogP contribution is 2.42. The maximum atomic E-state index is 9.22. The summed E-state index contributed by atoms with van der Waals surface area (Å²) in [6.45, 7) is 6.66. The van der Waals surface area contributed by atoms with Gasteiger partial charge in [0, 0.05) is 24.2 Å². The molecule has 1 saturated heterocycles. The van der Waals surface area contributed by atoms with E-state index in [2.05, 4.69) is 24.8 Å². The normalized spacial score (nSPS) is 16.8. The second-order valence-electron chi connectivity index (χ2n) is 5.74. The van der Waals surface area contributed by atoms with Gasteiger partial charge in [0.1, 0.15) is 6.07 Å². The summed E-state index contributed by atoms with van der Waals surface area (Å²) in [5.74, 6) is 0. The third kappa shape index (κ3) is 2.68. The van der Waals surface area contributed by atoms with Crippen molar-refractivity contribution in [2.24, 2.45) is 5.41 Å². The van der Waals surface area contributed by atoms with Gasteiger partial charge in [-0.3, -0.25) is 0 Å². The minimum Gasteiger partial charge on any atom is -0.399 e. The fourth-order valence-corrected chi connectivity index (χ4v) is 3.35. The number of nitrogens with zero attached hydrogens (tertiary/aromatic N) is 2. The van der Waals surface area contributed by atoms with Crippen LogP contribution in [0.4, 0.5) is 11.4 Å². The molecule has 3 heteroatoms. The second kappa shape index (κ2) is 5.52. The smallest absolute Gasteiger partial charge is 0.101 e. The fourth-order valence-electron chi connectivity index (χ4n) is 3.35. The molecule has 1 fully saturated rings. The van der Waals surface area contributed by atoms with Crippen molar-refractivity contribution in [1.29, 1.82) is 5.26 Å². The zero-order chi connectivity index (χ0) is 13.9. The molecule has 2 rings (SSSR count). The highest BCUT2D eigenvalue weighted by molar-refractivity contribution is 5.65. The van der Waals surface area contributed by atoms with Gasteiger partial charge in [-0.1, -0.05) is 26.7 Å². The molecule has 0 unspecified atom stereocenters. The van der Waals surface area contributed by atoms with Crippen LogP contribution in [0.25, 0.3) is 0 Å². The highest BCUT2D eigenvalue weighted by atomic mass is 15.2. The van der Waals surface area contributed by atoms with E-state index in [4.69, 9.17) is 5.73 Å². The average molecular weight is 257 g/mol. The topological polar surface area (TPSA) is 53.0 Å². The van der Waals surface area contributed by atoms with Crippen molar-refractivity contribution < 1.29 is 0 Å². The van der Waals surface area contributed by atoms with Crippen LogP contribution in [0.5, 0.6) is 0 Å². The van der Waals surface area contributed by atoms with E-state index in [9.17, 15) is 5.26 Å². The van der Waals surface area contributed by atoms with E-state index in [0.717, 1.165) is 18.8 Å². The third-order valence-electron chi connectivity index (χ3n) is 4.09. The van der Waals surface area contributed by atoms with E-state index in [-0.39, 0.29) is 0 Å². The second-order valence-corrected chi connectivity index (χ2v) is 5.74. The largest absolute Gasteiger partial charge is 0.399 e. The van der Waals surface area contributed by atoms with Crippen molar-refractivity contribution in [3.63, 3.8) is 0 Å². The highest BCUT2D eigenvalue weighted by Gasteiger charge is 2.41. The van der Waals surface area contributed by atoms with E-state index in [1.165, 1.54) is 25.7 Å². The number of nitrogen functional groups attached to an aromatic ring is 1. The van der Waals surface area contributed by atoms with Crippen LogP contribution in [-0.4, -0.2) is 13.1 Å². The molecule has 102 valence electrons. The molecule has 0 bridgehead atoms. The molecule has 1 aliphatic heterocycles. The predicted molar refractivity (Wildman–Crippen MR) is 80.0 cm³/mol. The van der Waals surface area contributed by atoms with Crippen molar-refractivity contribution in [3.8, 4) is 6.07 Å². The maximum absolute atomic E-state index is 9.22. The first-order valence-corrected chi connectivity index (χ1v) is 7.18. The number of hydrogen-bond acceptors (Lipinski definition) is 3. The van der Waals surface area contributed by atoms with Crippen molar-refractivity contribution >= 4 is 11.4 Å². The SMILES string of the molecule is CCCC1(CCC)CN(c2ccc(N)cc2C#N)C1. The van der Waals surface area contributed by atoms with E-state index in [1.807, 2.05) is 12.1 Å². The Hall–Kier alpha value is -1.69. The molecule has 0 radical (unpaired) electrons. The van der Waals surface area contributed by atoms with Gasteiger partial charge in [-0.15, -0.1) is 0 Å². The summed E-state index contributed by atoms with van der Waals surface area (Å²) in [5, 5.41) is 9.22. The summed E-state index contributed by atoms with van der Waals surface area (Å²) in [4.78, 5) is 2.32. The Morgan fingerprint density at radius 2 is 1.89 bits per heavy atom. The monoisotopic (exact) mass is 257 g/mol. The van der Waals surface area contributed by atoms with E-state index in [0.29, 0.717) is 16.7 Å². The molecule has 2 N–H and O–H groups in total. The van der Waals surface area contributed by atoms with Crippen molar-refractivity contribution in [3.05, 3.63) is 23.8 Å². The summed E-state index contributed by atoms with van der Waals surface area (Å²) >= 11 is 0. The Balaban J connectivity index is 2.13. The molecule has 0 aromatic heterocycles. The van der Waals surface area contributed by atoms with Crippen LogP contribution in [0.2, 0.25) is 0 Å². The van der Waals surface area contributed by atoms with Gasteiger partial charge in [-0.25, -0.2) is 0 Å². The molecule has 0 spiro atoms. The first kappa shape index (κ1) is 13.7. The van der Waals surface area contributed by atoms with Gasteiger partial charge >= 0.3 is 0 Å². The molecule has 0 aliphatic carbocycles. The predicted octanol–water partition coefficient (Wildman–Crippen LogP) is 3.55. The van der Waals surface area contributed by atoms with Crippen molar-refractivity contribution in [2.45, 2.75) is 39.5 Å². The van der Waals surface area contributed by atoms with Crippen molar-refractivity contribution in [2.75, 3.05) is 23.7 Å². The Labute approximate surface area is 116 Å². The maximum Gasteiger partial charge on any atom is 0.101 e. The van der Waals surface area contributed by atoms with Crippen LogP contribution in [0.3, 0.4) is 0 Å². The Morgan fingerprint density at radius 3 is 2.42 bits per heavy atom. The lowest BCUT2D eigenvalue weighted by Gasteiger charge is -2.52. The van der Waals surface area contributed by atoms with E-state index < -0.39 is 0 Å². The van der Waals surface area contributed by atoms with Gasteiger partial charge in [0.15, 0.2) is 0 Å². The van der Waals surface area contributed by atoms with Gasteiger partial charge in [0.2, 0.25) is 0 Å². The van der Waals surface area contributed by atoms with Gasteiger partial charge in [-0.05, 0) is 31.0 Å². The minimum absolute atomic E-state index is 0.470. The molecule has 1 aliphatic rings. The first-order valence-electron chi connectivity index (χ1n) is 7.18. The lowest BCUT2D eigenvalue weighted by Crippen LogP contribution is -2.56. The molecule has 3 nitrogen and oxygen atoms in total. The number of hydrogen-bond donors (Lipinski definition) is 1. The van der Waals surface area contributed by atoms with E-state index in [1.54, 1.807) is 6.07 Å². The quantitative estimate of drug-likeness (QED) is 0.821. The molecule has 0 amide bonds. The minimum atomic E-state index is 0.470. The molecule has 0 atom stereocenters. The lowest BCUT2D eigenvalue weighted by atomic mass is 9.72. The zero-order valence-electron chi connectivity index (χ0n) is 11.9. The van der Waals surface area contributed by atoms with Crippen LogP contribution >= 0.6 is 0 Å². The molecule has 1 aromatic rings. The third-order valence-corrected chi connectivity index (χ3v) is 4.09. The first-order chi connectivity index (χ1) is 9.14. The van der Waals surface area contributed by atoms with Crippen LogP contribution < -0.4 is 10.6 Å². The Kier molecular flexibility index (Phi) is 3.99. The molecular formula is C16H23N3. The van der Waals surface area contributed by atoms with Crippen LogP contribution in [-0.2, 0) is 0 Å². The molecule has 19 heavy (non-hydrogen) atoms. The summed E-state index contributed by atoms with van der Waals surface area (Å²) in [7, 11) is 0. The van der Waals surface area contributed by atoms with Crippen LogP contribution in [0.15, 0.2) is 18.2 Å². The molecule has 1 aromatic carbocycles. The summed E-state index contributed by atoms with van der Waals surface area (Å²) in [5.41, 5.74) is 8.61. The molecule has 0 saturated carbocycles. The Bertz CT molecular complexity index is 473. The van der Waals surface area contributed by atoms with Gasteiger partial charge in [-0.2, -0.15) is 5.26 Å². The summed E-state index contributed by atoms with van der Waals surface area (Å²) < 4.78 is 0. The van der Waals surface area contributed by atoms with Crippen LogP contribution in [0.1, 0.15) is 45.1 Å². The number of benzene rings is 1. The summed E-state index contributed by atoms with van der Waals surface area (Å²) in [6.07, 6.45) is 5.05. The van der Waals surface area contributed by atoms with Crippen LogP contribution in [0, 0.1) is 16.7 Å². The van der Waals surface area contributed by atoms with Crippen molar-refractivity contribution in [1.82, 2.24) is 0 Å². The number of nitrogens with two attached hydrogens (primary N) is 1. The lowest BCUT2D eigenvalue weighted by molar-refractivity contribution is 0.173. The van der Waals surface area contributed by atoms with Gasteiger partial charge in [0.05, 0.1) is 11.3 Å². The average Bonchev–Trinajstić information content (AvgIpc) is 2.36. The molecule has 1 heterocycles. The number of anilines is 2. The zero-order valence-corrected chi connectivity index (χ0v) is 11.9. The number of rotatable bonds is 5. The van der Waals surface area contributed by atoms with E-state index >= 15 is 0 Å². The number of nitriles is 1. The fraction of sp³-hybridized carbons (Fsp3) is 0.562. The molecular weight excluding hydrogens is 234 g/mol. The standard InChI is InChI=1S/C16H23N3/c1-3-7-16(8-4-2)11-19(12-16)15-6-5-14(18)9-13(15)10-17/h5-6,9H,3-4,7-8,11-12,18H2,1-2H3. The van der Waals surface area contributed by atoms with Gasteiger partial charge in [0.25, 0.3) is 0 Å². The van der Waals surface area contributed by atoms with Gasteiger partial charge < -0.3 is 10.6 Å².